The Hall–Kier alpha value is -3.38. The van der Waals surface area contributed by atoms with E-state index in [0.29, 0.717) is 0 Å². The molecule has 2 aliphatic rings. The number of aliphatic hydroxyl groups excluding tert-OH is 1. The number of sulfonamides is 1. The molecule has 1 aliphatic carbocycles. The van der Waals surface area contributed by atoms with Crippen LogP contribution in [0.15, 0.2) is 47.4 Å². The van der Waals surface area contributed by atoms with E-state index in [2.05, 4.69) is 10.0 Å². The van der Waals surface area contributed by atoms with Gasteiger partial charge in [-0.15, -0.1) is 0 Å². The molecule has 3 atom stereocenters. The van der Waals surface area contributed by atoms with Crippen LogP contribution >= 0.6 is 0 Å². The van der Waals surface area contributed by atoms with Crippen molar-refractivity contribution < 1.29 is 32.2 Å². The molecule has 1 saturated carbocycles. The summed E-state index contributed by atoms with van der Waals surface area (Å²) in [5.41, 5.74) is 0.242. The third-order valence-corrected chi connectivity index (χ3v) is 9.17. The lowest BCUT2D eigenvalue weighted by molar-refractivity contribution is 0.0366. The molecule has 224 valence electrons. The molecule has 0 aromatic heterocycles. The minimum atomic E-state index is -4.06. The van der Waals surface area contributed by atoms with E-state index in [0.717, 1.165) is 49.9 Å². The van der Waals surface area contributed by atoms with Crippen LogP contribution in [0.25, 0.3) is 0 Å². The van der Waals surface area contributed by atoms with E-state index in [1.165, 1.54) is 24.6 Å². The van der Waals surface area contributed by atoms with Crippen molar-refractivity contribution >= 4 is 27.6 Å². The van der Waals surface area contributed by atoms with Crippen molar-refractivity contribution in [2.45, 2.75) is 69.0 Å². The number of urea groups is 1. The van der Waals surface area contributed by atoms with Crippen LogP contribution in [0.2, 0.25) is 0 Å². The van der Waals surface area contributed by atoms with Gasteiger partial charge in [-0.05, 0) is 62.2 Å². The smallest absolute Gasteiger partial charge is 0.317 e. The number of hydrogen-bond donors (Lipinski definition) is 3. The van der Waals surface area contributed by atoms with Crippen LogP contribution in [0.5, 0.6) is 5.75 Å². The average Bonchev–Trinajstić information content (AvgIpc) is 2.95. The van der Waals surface area contributed by atoms with Gasteiger partial charge in [-0.2, -0.15) is 0 Å². The molecule has 10 nitrogen and oxygen atoms in total. The molecule has 12 heteroatoms. The van der Waals surface area contributed by atoms with Gasteiger partial charge in [0.2, 0.25) is 0 Å². The van der Waals surface area contributed by atoms with Crippen molar-refractivity contribution in [1.29, 1.82) is 0 Å². The Kier molecular flexibility index (Phi) is 9.75. The molecule has 0 saturated heterocycles. The maximum Gasteiger partial charge on any atom is 0.317 e. The molecule has 3 N–H and O–H groups in total. The van der Waals surface area contributed by atoms with Crippen LogP contribution in [0.1, 0.15) is 56.3 Å². The van der Waals surface area contributed by atoms with Crippen LogP contribution in [0, 0.1) is 11.7 Å². The molecule has 4 rings (SSSR count). The highest BCUT2D eigenvalue weighted by atomic mass is 32.2. The van der Waals surface area contributed by atoms with Gasteiger partial charge in [-0.25, -0.2) is 17.6 Å². The fraction of sp³-hybridized carbons (Fsp3) is 0.517. The SMILES string of the molecule is C[C@@H]1CN([C@@H](C)CO)C(=O)c2cc(NS(=O)(=O)c3ccc(F)cc3)ccc2O[C@H]1CN(C)C(=O)NC1CCCCC1. The Morgan fingerprint density at radius 1 is 1.17 bits per heavy atom. The quantitative estimate of drug-likeness (QED) is 0.429. The van der Waals surface area contributed by atoms with Crippen LogP contribution < -0.4 is 14.8 Å². The number of carbonyl (C=O) groups is 2. The molecule has 3 amide bonds. The lowest BCUT2D eigenvalue weighted by Gasteiger charge is -2.38. The van der Waals surface area contributed by atoms with Gasteiger partial charge in [0.05, 0.1) is 29.7 Å². The number of amides is 3. The largest absolute Gasteiger partial charge is 0.487 e. The van der Waals surface area contributed by atoms with E-state index in [9.17, 15) is 27.5 Å². The Morgan fingerprint density at radius 2 is 1.85 bits per heavy atom. The third kappa shape index (κ3) is 7.48. The summed E-state index contributed by atoms with van der Waals surface area (Å²) in [5, 5.41) is 13.0. The Morgan fingerprint density at radius 3 is 2.51 bits per heavy atom. The highest BCUT2D eigenvalue weighted by Gasteiger charge is 2.34. The molecule has 1 aliphatic heterocycles. The molecule has 2 aromatic carbocycles. The number of benzene rings is 2. The fourth-order valence-corrected chi connectivity index (χ4v) is 6.27. The third-order valence-electron chi connectivity index (χ3n) is 7.77. The van der Waals surface area contributed by atoms with Gasteiger partial charge in [-0.3, -0.25) is 9.52 Å². The van der Waals surface area contributed by atoms with E-state index in [-0.39, 0.29) is 59.6 Å². The van der Waals surface area contributed by atoms with Crippen LogP contribution in [0.4, 0.5) is 14.9 Å². The van der Waals surface area contributed by atoms with Gasteiger partial charge < -0.3 is 25.0 Å². The zero-order valence-electron chi connectivity index (χ0n) is 23.7. The Labute approximate surface area is 240 Å². The number of halogens is 1. The molecule has 1 heterocycles. The zero-order chi connectivity index (χ0) is 29.7. The summed E-state index contributed by atoms with van der Waals surface area (Å²) in [4.78, 5) is 29.6. The van der Waals surface area contributed by atoms with Crippen LogP contribution in [0.3, 0.4) is 0 Å². The second kappa shape index (κ2) is 13.1. The number of ether oxygens (including phenoxy) is 1. The number of nitrogens with zero attached hydrogens (tertiary/aromatic N) is 2. The lowest BCUT2D eigenvalue weighted by atomic mass is 9.96. The maximum absolute atomic E-state index is 13.7. The van der Waals surface area contributed by atoms with Crippen molar-refractivity contribution in [1.82, 2.24) is 15.1 Å². The minimum Gasteiger partial charge on any atom is -0.487 e. The van der Waals surface area contributed by atoms with Crippen molar-refractivity contribution in [2.24, 2.45) is 5.92 Å². The van der Waals surface area contributed by atoms with Crippen molar-refractivity contribution in [3.8, 4) is 5.75 Å². The lowest BCUT2D eigenvalue weighted by Crippen LogP contribution is -2.52. The summed E-state index contributed by atoms with van der Waals surface area (Å²) in [6, 6.07) is 8.26. The second-order valence-corrected chi connectivity index (χ2v) is 12.7. The molecule has 0 bridgehead atoms. The first-order valence-electron chi connectivity index (χ1n) is 14.0. The number of hydrogen-bond acceptors (Lipinski definition) is 6. The van der Waals surface area contributed by atoms with Gasteiger partial charge in [0, 0.05) is 31.2 Å². The number of aliphatic hydroxyl groups is 1. The molecule has 41 heavy (non-hydrogen) atoms. The monoisotopic (exact) mass is 590 g/mol. The molecule has 0 spiro atoms. The summed E-state index contributed by atoms with van der Waals surface area (Å²) in [5.74, 6) is -0.931. The predicted molar refractivity (Wildman–Crippen MR) is 153 cm³/mol. The fourth-order valence-electron chi connectivity index (χ4n) is 5.22. The van der Waals surface area contributed by atoms with E-state index >= 15 is 0 Å². The number of rotatable bonds is 8. The highest BCUT2D eigenvalue weighted by Crippen LogP contribution is 2.31. The topological polar surface area (TPSA) is 128 Å². The normalized spacial score (nSPS) is 20.7. The zero-order valence-corrected chi connectivity index (χ0v) is 24.5. The first kappa shape index (κ1) is 30.6. The summed E-state index contributed by atoms with van der Waals surface area (Å²) in [6.45, 7) is 3.91. The molecule has 0 radical (unpaired) electrons. The number of nitrogens with one attached hydrogen (secondary N) is 2. The van der Waals surface area contributed by atoms with Crippen molar-refractivity contribution in [2.75, 3.05) is 31.5 Å². The molecule has 2 aromatic rings. The maximum atomic E-state index is 13.7. The number of carbonyl (C=O) groups excluding carboxylic acids is 2. The van der Waals surface area contributed by atoms with Gasteiger partial charge >= 0.3 is 6.03 Å². The molecule has 0 unspecified atom stereocenters. The van der Waals surface area contributed by atoms with Gasteiger partial charge in [-0.1, -0.05) is 26.2 Å². The molecular formula is C29H39FN4O6S. The molecule has 1 fully saturated rings. The van der Waals surface area contributed by atoms with Crippen molar-refractivity contribution in [3.63, 3.8) is 0 Å². The number of fused-ring (bicyclic) bond motifs is 1. The van der Waals surface area contributed by atoms with Gasteiger partial charge in [0.15, 0.2) is 0 Å². The Balaban J connectivity index is 1.59. The van der Waals surface area contributed by atoms with Crippen LogP contribution in [-0.4, -0.2) is 80.2 Å². The van der Waals surface area contributed by atoms with Crippen molar-refractivity contribution in [3.05, 3.63) is 53.8 Å². The van der Waals surface area contributed by atoms with Gasteiger partial charge in [0.1, 0.15) is 17.7 Å². The van der Waals surface area contributed by atoms with E-state index in [1.807, 2.05) is 6.92 Å². The van der Waals surface area contributed by atoms with Crippen LogP contribution in [-0.2, 0) is 10.0 Å². The summed E-state index contributed by atoms with van der Waals surface area (Å²) in [7, 11) is -2.35. The summed E-state index contributed by atoms with van der Waals surface area (Å²) in [6.07, 6.45) is 4.83. The first-order valence-corrected chi connectivity index (χ1v) is 15.5. The first-order chi connectivity index (χ1) is 19.5. The van der Waals surface area contributed by atoms with E-state index in [4.69, 9.17) is 4.74 Å². The number of likely N-dealkylation sites (N-methyl/N-ethyl adjacent to an activating group) is 1. The molecular weight excluding hydrogens is 551 g/mol. The minimum absolute atomic E-state index is 0.121. The standard InChI is InChI=1S/C29H39FN4O6S/c1-19-16-34(20(2)18-35)28(36)25-15-23(32-41(38,39)24-12-9-21(30)10-13-24)11-14-26(25)40-27(19)17-33(3)29(37)31-22-7-5-4-6-8-22/h9-15,19-20,22,27,32,35H,4-8,16-18H2,1-3H3,(H,31,37)/t19-,20+,27+/m1/s1. The predicted octanol–water partition coefficient (Wildman–Crippen LogP) is 3.82. The Bertz CT molecular complexity index is 1330. The number of anilines is 1. The summed E-state index contributed by atoms with van der Waals surface area (Å²) < 4.78 is 47.9. The summed E-state index contributed by atoms with van der Waals surface area (Å²) >= 11 is 0. The highest BCUT2D eigenvalue weighted by molar-refractivity contribution is 7.92. The van der Waals surface area contributed by atoms with E-state index in [1.54, 1.807) is 23.8 Å². The van der Waals surface area contributed by atoms with Gasteiger partial charge in [0.25, 0.3) is 15.9 Å². The van der Waals surface area contributed by atoms with E-state index < -0.39 is 33.9 Å². The second-order valence-electron chi connectivity index (χ2n) is 11.1. The average molecular weight is 591 g/mol.